The van der Waals surface area contributed by atoms with Gasteiger partial charge in [-0.05, 0) is 12.5 Å². The monoisotopic (exact) mass is 93.0 g/mol. The Hall–Kier alpha value is -0.920. The molecule has 7 heavy (non-hydrogen) atoms. The molecule has 0 aliphatic carbocycles. The minimum atomic E-state index is 0.850. The van der Waals surface area contributed by atoms with Gasteiger partial charge < -0.3 is 0 Å². The minimum absolute atomic E-state index is 0.850. The van der Waals surface area contributed by atoms with E-state index in [9.17, 15) is 0 Å². The van der Waals surface area contributed by atoms with Crippen LogP contribution in [0.4, 0.5) is 0 Å². The number of rotatable bonds is 0. The maximum absolute atomic E-state index is 3.71. The zero-order chi connectivity index (χ0) is 5.11. The van der Waals surface area contributed by atoms with Gasteiger partial charge in [0.2, 0.25) is 0 Å². The highest BCUT2D eigenvalue weighted by Gasteiger charge is 1.74. The largest absolute Gasteiger partial charge is 0.245 e. The molecule has 35 valence electrons. The van der Waals surface area contributed by atoms with E-state index in [-0.39, 0.29) is 0 Å². The molecule has 0 aliphatic rings. The molecule has 0 unspecified atom stereocenters. The highest BCUT2D eigenvalue weighted by atomic mass is 14.8. The maximum Gasteiger partial charge on any atom is 0.115 e. The maximum atomic E-state index is 3.71. The minimum Gasteiger partial charge on any atom is -0.245 e. The lowest BCUT2D eigenvalue weighted by molar-refractivity contribution is 1.15. The molecule has 0 amide bonds. The van der Waals surface area contributed by atoms with Crippen LogP contribution in [0, 0.1) is 6.92 Å². The van der Waals surface area contributed by atoms with E-state index < -0.39 is 0 Å². The van der Waals surface area contributed by atoms with E-state index in [1.54, 1.807) is 12.4 Å². The van der Waals surface area contributed by atoms with Gasteiger partial charge in [0.25, 0.3) is 0 Å². The second-order valence-electron chi connectivity index (χ2n) is 1.25. The van der Waals surface area contributed by atoms with Crippen LogP contribution in [0.2, 0.25) is 0 Å². The predicted molar refractivity (Wildman–Crippen MR) is 26.5 cm³/mol. The zero-order valence-corrected chi connectivity index (χ0v) is 3.83. The van der Waals surface area contributed by atoms with Crippen LogP contribution in [-0.4, -0.2) is 9.97 Å². The second-order valence-corrected chi connectivity index (χ2v) is 1.25. The first-order valence-electron chi connectivity index (χ1n) is 1.96. The summed E-state index contributed by atoms with van der Waals surface area (Å²) in [6.07, 6.45) is 4.80. The van der Waals surface area contributed by atoms with Gasteiger partial charge in [0.1, 0.15) is 6.33 Å². The Labute approximate surface area is 42.2 Å². The van der Waals surface area contributed by atoms with Crippen LogP contribution < -0.4 is 0 Å². The normalized spacial score (nSPS) is 8.71. The first-order chi connectivity index (χ1) is 3.39. The van der Waals surface area contributed by atoms with Crippen molar-refractivity contribution in [2.75, 3.05) is 0 Å². The quantitative estimate of drug-likeness (QED) is 0.471. The SMILES string of the molecule is [CH2]c1cncnc1. The Kier molecular flexibility index (Phi) is 1.02. The molecule has 0 N–H and O–H groups in total. The number of nitrogens with zero attached hydrogens (tertiary/aromatic N) is 2. The van der Waals surface area contributed by atoms with Gasteiger partial charge in [-0.2, -0.15) is 0 Å². The van der Waals surface area contributed by atoms with Crippen molar-refractivity contribution in [3.63, 3.8) is 0 Å². The fraction of sp³-hybridized carbons (Fsp3) is 0. The topological polar surface area (TPSA) is 25.8 Å². The molecule has 0 saturated carbocycles. The number of aromatic nitrogens is 2. The molecule has 0 atom stereocenters. The van der Waals surface area contributed by atoms with Crippen LogP contribution in [0.5, 0.6) is 0 Å². The third-order valence-corrected chi connectivity index (χ3v) is 0.614. The molecule has 1 heterocycles. The van der Waals surface area contributed by atoms with E-state index in [2.05, 4.69) is 16.9 Å². The summed E-state index contributed by atoms with van der Waals surface area (Å²) in [7, 11) is 0. The predicted octanol–water partition coefficient (Wildman–Crippen LogP) is 0.659. The van der Waals surface area contributed by atoms with Crippen molar-refractivity contribution in [3.05, 3.63) is 31.2 Å². The van der Waals surface area contributed by atoms with Crippen molar-refractivity contribution in [3.8, 4) is 0 Å². The van der Waals surface area contributed by atoms with E-state index in [1.165, 1.54) is 6.33 Å². The highest BCUT2D eigenvalue weighted by molar-refractivity contribution is 5.04. The van der Waals surface area contributed by atoms with Gasteiger partial charge >= 0.3 is 0 Å². The molecule has 1 aromatic rings. The summed E-state index contributed by atoms with van der Waals surface area (Å²) in [5.74, 6) is 0. The van der Waals surface area contributed by atoms with Crippen molar-refractivity contribution in [1.82, 2.24) is 9.97 Å². The van der Waals surface area contributed by atoms with Crippen molar-refractivity contribution in [2.24, 2.45) is 0 Å². The Bertz CT molecular complexity index is 136. The smallest absolute Gasteiger partial charge is 0.115 e. The summed E-state index contributed by atoms with van der Waals surface area (Å²) >= 11 is 0. The summed E-state index contributed by atoms with van der Waals surface area (Å²) < 4.78 is 0. The van der Waals surface area contributed by atoms with E-state index in [0.29, 0.717) is 0 Å². The lowest BCUT2D eigenvalue weighted by Gasteiger charge is -1.81. The molecule has 2 nitrogen and oxygen atoms in total. The molecule has 1 aromatic heterocycles. The molecule has 0 spiro atoms. The van der Waals surface area contributed by atoms with E-state index >= 15 is 0 Å². The lowest BCUT2D eigenvalue weighted by Crippen LogP contribution is -1.75. The molecule has 2 heteroatoms. The Morgan fingerprint density at radius 1 is 1.29 bits per heavy atom. The van der Waals surface area contributed by atoms with E-state index in [1.807, 2.05) is 0 Å². The van der Waals surface area contributed by atoms with Gasteiger partial charge in [-0.25, -0.2) is 9.97 Å². The molecule has 0 aromatic carbocycles. The fourth-order valence-electron chi connectivity index (χ4n) is 0.330. The summed E-state index contributed by atoms with van der Waals surface area (Å²) in [6.45, 7) is 3.60. The standard InChI is InChI=1S/C5H5N2/c1-5-2-6-4-7-3-5/h2-4H,1H2. The van der Waals surface area contributed by atoms with E-state index in [0.717, 1.165) is 5.56 Å². The average Bonchev–Trinajstić information content (AvgIpc) is 1.69. The summed E-state index contributed by atoms with van der Waals surface area (Å²) in [5, 5.41) is 0. The number of hydrogen-bond acceptors (Lipinski definition) is 2. The molecule has 0 fully saturated rings. The summed E-state index contributed by atoms with van der Waals surface area (Å²) in [6, 6.07) is 0. The van der Waals surface area contributed by atoms with Crippen LogP contribution in [-0.2, 0) is 0 Å². The van der Waals surface area contributed by atoms with Crippen molar-refractivity contribution in [2.45, 2.75) is 0 Å². The first kappa shape index (κ1) is 4.24. The van der Waals surface area contributed by atoms with Gasteiger partial charge in [0, 0.05) is 12.4 Å². The Balaban J connectivity index is 3.02. The molecular weight excluding hydrogens is 88.1 g/mol. The lowest BCUT2D eigenvalue weighted by atomic mass is 10.4. The summed E-state index contributed by atoms with van der Waals surface area (Å²) in [5.41, 5.74) is 0.850. The van der Waals surface area contributed by atoms with Crippen molar-refractivity contribution >= 4 is 0 Å². The third-order valence-electron chi connectivity index (χ3n) is 0.614. The summed E-state index contributed by atoms with van der Waals surface area (Å²) in [4.78, 5) is 7.42. The Morgan fingerprint density at radius 2 is 1.86 bits per heavy atom. The third kappa shape index (κ3) is 0.961. The highest BCUT2D eigenvalue weighted by Crippen LogP contribution is 1.84. The molecule has 0 aliphatic heterocycles. The Morgan fingerprint density at radius 3 is 2.14 bits per heavy atom. The molecule has 1 rings (SSSR count). The second kappa shape index (κ2) is 1.69. The van der Waals surface area contributed by atoms with Gasteiger partial charge in [0.05, 0.1) is 0 Å². The van der Waals surface area contributed by atoms with Crippen LogP contribution in [0.15, 0.2) is 18.7 Å². The molecule has 1 radical (unpaired) electrons. The zero-order valence-electron chi connectivity index (χ0n) is 3.83. The van der Waals surface area contributed by atoms with Gasteiger partial charge in [-0.3, -0.25) is 0 Å². The van der Waals surface area contributed by atoms with Crippen LogP contribution in [0.3, 0.4) is 0 Å². The fourth-order valence-corrected chi connectivity index (χ4v) is 0.330. The van der Waals surface area contributed by atoms with Gasteiger partial charge in [-0.1, -0.05) is 0 Å². The first-order valence-corrected chi connectivity index (χ1v) is 1.96. The molecular formula is C5H5N2. The van der Waals surface area contributed by atoms with Crippen molar-refractivity contribution < 1.29 is 0 Å². The van der Waals surface area contributed by atoms with Crippen LogP contribution in [0.25, 0.3) is 0 Å². The molecule has 0 bridgehead atoms. The van der Waals surface area contributed by atoms with Crippen LogP contribution >= 0.6 is 0 Å². The van der Waals surface area contributed by atoms with Gasteiger partial charge in [-0.15, -0.1) is 0 Å². The number of hydrogen-bond donors (Lipinski definition) is 0. The van der Waals surface area contributed by atoms with Crippen LogP contribution in [0.1, 0.15) is 5.56 Å². The van der Waals surface area contributed by atoms with E-state index in [4.69, 9.17) is 0 Å². The average molecular weight is 93.1 g/mol. The molecule has 0 saturated heterocycles. The van der Waals surface area contributed by atoms with Gasteiger partial charge in [0.15, 0.2) is 0 Å². The van der Waals surface area contributed by atoms with Crippen molar-refractivity contribution in [1.29, 1.82) is 0 Å².